The highest BCUT2D eigenvalue weighted by Gasteiger charge is 2.28. The van der Waals surface area contributed by atoms with Gasteiger partial charge in [0.2, 0.25) is 10.0 Å². The molecule has 0 saturated heterocycles. The minimum absolute atomic E-state index is 0.271. The van der Waals surface area contributed by atoms with Crippen LogP contribution in [-0.4, -0.2) is 49.0 Å². The van der Waals surface area contributed by atoms with Crippen molar-refractivity contribution < 1.29 is 22.7 Å². The molecule has 0 bridgehead atoms. The molecule has 2 heterocycles. The van der Waals surface area contributed by atoms with E-state index in [9.17, 15) is 18.0 Å². The molecule has 9 nitrogen and oxygen atoms in total. The second-order valence-electron chi connectivity index (χ2n) is 7.13. The third-order valence-corrected chi connectivity index (χ3v) is 6.16. The Kier molecular flexibility index (Phi) is 5.40. The van der Waals surface area contributed by atoms with Crippen LogP contribution in [0.4, 0.5) is 11.4 Å². The van der Waals surface area contributed by atoms with Crippen LogP contribution in [0.2, 0.25) is 0 Å². The van der Waals surface area contributed by atoms with Gasteiger partial charge in [0, 0.05) is 13.6 Å². The number of carbonyl (C=O) groups excluding carboxylic acids is 2. The first kappa shape index (κ1) is 20.8. The van der Waals surface area contributed by atoms with E-state index >= 15 is 0 Å². The summed E-state index contributed by atoms with van der Waals surface area (Å²) in [5.74, 6) is -1.10. The molecule has 2 aromatic rings. The second kappa shape index (κ2) is 7.51. The fraction of sp³-hybridized carbons (Fsp3) is 0.421. The monoisotopic (exact) mass is 420 g/mol. The minimum Gasteiger partial charge on any atom is -0.449 e. The number of anilines is 2. The van der Waals surface area contributed by atoms with Crippen LogP contribution in [0.3, 0.4) is 0 Å². The van der Waals surface area contributed by atoms with Crippen LogP contribution in [0, 0.1) is 13.8 Å². The Hall–Kier alpha value is -2.88. The number of sulfonamides is 1. The topological polar surface area (TPSA) is 111 Å². The quantitative estimate of drug-likeness (QED) is 0.735. The second-order valence-corrected chi connectivity index (χ2v) is 9.04. The Morgan fingerprint density at radius 1 is 1.28 bits per heavy atom. The van der Waals surface area contributed by atoms with Gasteiger partial charge in [-0.3, -0.25) is 13.8 Å². The van der Waals surface area contributed by atoms with Crippen molar-refractivity contribution in [3.8, 4) is 0 Å². The Balaban J connectivity index is 1.69. The number of nitrogens with one attached hydrogen (secondary N) is 1. The third kappa shape index (κ3) is 4.12. The lowest BCUT2D eigenvalue weighted by atomic mass is 10.1. The van der Waals surface area contributed by atoms with E-state index in [1.165, 1.54) is 17.3 Å². The Morgan fingerprint density at radius 3 is 2.55 bits per heavy atom. The number of amides is 1. The Labute approximate surface area is 169 Å². The van der Waals surface area contributed by atoms with E-state index in [1.807, 2.05) is 6.92 Å². The van der Waals surface area contributed by atoms with Crippen molar-refractivity contribution in [2.24, 2.45) is 7.05 Å². The van der Waals surface area contributed by atoms with Crippen molar-refractivity contribution >= 4 is 33.3 Å². The molecule has 0 saturated carbocycles. The third-order valence-electron chi connectivity index (χ3n) is 4.98. The molecule has 1 aromatic heterocycles. The lowest BCUT2D eigenvalue weighted by Crippen LogP contribution is -2.30. The van der Waals surface area contributed by atoms with Crippen LogP contribution in [0.5, 0.6) is 0 Å². The highest BCUT2D eigenvalue weighted by atomic mass is 32.2. The summed E-state index contributed by atoms with van der Waals surface area (Å²) < 4.78 is 31.9. The largest absolute Gasteiger partial charge is 0.449 e. The lowest BCUT2D eigenvalue weighted by molar-refractivity contribution is -0.123. The van der Waals surface area contributed by atoms with Crippen molar-refractivity contribution in [3.63, 3.8) is 0 Å². The molecule has 0 fully saturated rings. The number of aryl methyl sites for hydroxylation is 2. The van der Waals surface area contributed by atoms with Gasteiger partial charge in [0.15, 0.2) is 6.10 Å². The predicted octanol–water partition coefficient (Wildman–Crippen LogP) is 1.54. The molecule has 1 aliphatic heterocycles. The molecule has 10 heteroatoms. The molecule has 1 amide bonds. The molecule has 29 heavy (non-hydrogen) atoms. The van der Waals surface area contributed by atoms with Crippen molar-refractivity contribution in [2.75, 3.05) is 22.4 Å². The standard InChI is InChI=1S/C19H24N4O5S/c1-11-17(12(2)22(4)21-11)20-18(24)13(3)28-19(25)15-6-7-16-14(10-15)8-9-23(16)29(5,26)27/h6-7,10,13H,8-9H2,1-5H3,(H,20,24)/t13-/m1/s1. The summed E-state index contributed by atoms with van der Waals surface area (Å²) in [4.78, 5) is 24.9. The summed E-state index contributed by atoms with van der Waals surface area (Å²) in [5.41, 5.74) is 3.65. The summed E-state index contributed by atoms with van der Waals surface area (Å²) in [5, 5.41) is 6.98. The van der Waals surface area contributed by atoms with Crippen molar-refractivity contribution in [2.45, 2.75) is 33.3 Å². The number of hydrogen-bond donors (Lipinski definition) is 1. The van der Waals surface area contributed by atoms with E-state index in [4.69, 9.17) is 4.74 Å². The zero-order valence-corrected chi connectivity index (χ0v) is 17.8. The van der Waals surface area contributed by atoms with E-state index in [2.05, 4.69) is 10.4 Å². The van der Waals surface area contributed by atoms with Crippen LogP contribution >= 0.6 is 0 Å². The number of ether oxygens (including phenoxy) is 1. The molecular weight excluding hydrogens is 396 g/mol. The highest BCUT2D eigenvalue weighted by Crippen LogP contribution is 2.31. The molecule has 0 unspecified atom stereocenters. The van der Waals surface area contributed by atoms with Gasteiger partial charge in [-0.25, -0.2) is 13.2 Å². The molecule has 1 atom stereocenters. The Morgan fingerprint density at radius 2 is 1.97 bits per heavy atom. The van der Waals surface area contributed by atoms with Gasteiger partial charge in [-0.2, -0.15) is 5.10 Å². The van der Waals surface area contributed by atoms with Gasteiger partial charge in [-0.15, -0.1) is 0 Å². The molecule has 0 aliphatic carbocycles. The van der Waals surface area contributed by atoms with Crippen molar-refractivity contribution in [1.82, 2.24) is 9.78 Å². The number of rotatable bonds is 5. The van der Waals surface area contributed by atoms with E-state index in [0.717, 1.165) is 17.5 Å². The first-order valence-corrected chi connectivity index (χ1v) is 11.0. The summed E-state index contributed by atoms with van der Waals surface area (Å²) in [6.45, 7) is 5.45. The predicted molar refractivity (Wildman–Crippen MR) is 109 cm³/mol. The zero-order chi connectivity index (χ0) is 21.5. The molecule has 3 rings (SSSR count). The first-order valence-electron chi connectivity index (χ1n) is 9.11. The molecule has 1 aromatic carbocycles. The molecule has 1 N–H and O–H groups in total. The van der Waals surface area contributed by atoms with Crippen LogP contribution in [0.25, 0.3) is 0 Å². The number of nitrogens with zero attached hydrogens (tertiary/aromatic N) is 3. The number of carbonyl (C=O) groups is 2. The smallest absolute Gasteiger partial charge is 0.338 e. The molecule has 1 aliphatic rings. The molecule has 156 valence electrons. The van der Waals surface area contributed by atoms with Crippen LogP contribution in [-0.2, 0) is 33.0 Å². The van der Waals surface area contributed by atoms with E-state index in [-0.39, 0.29) is 5.56 Å². The minimum atomic E-state index is -3.36. The van der Waals surface area contributed by atoms with E-state index in [0.29, 0.717) is 30.0 Å². The van der Waals surface area contributed by atoms with Crippen LogP contribution < -0.4 is 9.62 Å². The zero-order valence-electron chi connectivity index (χ0n) is 17.0. The maximum atomic E-state index is 12.5. The fourth-order valence-electron chi connectivity index (χ4n) is 3.30. The van der Waals surface area contributed by atoms with Gasteiger partial charge in [0.05, 0.1) is 34.6 Å². The van der Waals surface area contributed by atoms with Crippen LogP contribution in [0.1, 0.15) is 34.2 Å². The SMILES string of the molecule is Cc1nn(C)c(C)c1NC(=O)[C@@H](C)OC(=O)c1ccc2c(c1)CCN2S(C)(=O)=O. The van der Waals surface area contributed by atoms with Crippen molar-refractivity contribution in [3.05, 3.63) is 40.7 Å². The number of benzene rings is 1. The number of esters is 1. The normalized spacial score (nSPS) is 14.4. The highest BCUT2D eigenvalue weighted by molar-refractivity contribution is 7.92. The van der Waals surface area contributed by atoms with Gasteiger partial charge in [0.25, 0.3) is 5.91 Å². The number of aromatic nitrogens is 2. The van der Waals surface area contributed by atoms with E-state index < -0.39 is 28.0 Å². The van der Waals surface area contributed by atoms with Gasteiger partial charge in [-0.05, 0) is 51.0 Å². The van der Waals surface area contributed by atoms with Crippen LogP contribution in [0.15, 0.2) is 18.2 Å². The van der Waals surface area contributed by atoms with E-state index in [1.54, 1.807) is 30.8 Å². The molecule has 0 radical (unpaired) electrons. The summed E-state index contributed by atoms with van der Waals surface area (Å²) in [6, 6.07) is 4.71. The fourth-order valence-corrected chi connectivity index (χ4v) is 4.26. The Bertz CT molecular complexity index is 1090. The lowest BCUT2D eigenvalue weighted by Gasteiger charge is -2.17. The number of hydrogen-bond acceptors (Lipinski definition) is 6. The summed E-state index contributed by atoms with van der Waals surface area (Å²) in [7, 11) is -1.58. The summed E-state index contributed by atoms with van der Waals surface area (Å²) in [6.07, 6.45) is 0.650. The molecular formula is C19H24N4O5S. The maximum Gasteiger partial charge on any atom is 0.338 e. The van der Waals surface area contributed by atoms with Gasteiger partial charge in [0.1, 0.15) is 0 Å². The maximum absolute atomic E-state index is 12.5. The first-order chi connectivity index (χ1) is 13.5. The molecule has 0 spiro atoms. The summed E-state index contributed by atoms with van der Waals surface area (Å²) >= 11 is 0. The van der Waals surface area contributed by atoms with Crippen molar-refractivity contribution in [1.29, 1.82) is 0 Å². The number of fused-ring (bicyclic) bond motifs is 1. The van der Waals surface area contributed by atoms with Gasteiger partial charge >= 0.3 is 5.97 Å². The average molecular weight is 420 g/mol. The average Bonchev–Trinajstić information content (AvgIpc) is 3.17. The van der Waals surface area contributed by atoms with Gasteiger partial charge in [-0.1, -0.05) is 0 Å². The van der Waals surface area contributed by atoms with Gasteiger partial charge < -0.3 is 10.1 Å².